The summed E-state index contributed by atoms with van der Waals surface area (Å²) < 4.78 is 7.36. The molecule has 188 valence electrons. The Morgan fingerprint density at radius 2 is 2.03 bits per heavy atom. The molecule has 3 aliphatic rings. The van der Waals surface area contributed by atoms with Gasteiger partial charge in [-0.25, -0.2) is 4.68 Å². The van der Waals surface area contributed by atoms with E-state index in [1.54, 1.807) is 4.68 Å². The smallest absolute Gasteiger partial charge is 0.248 e. The maximum atomic E-state index is 13.8. The number of carbonyl (C=O) groups is 2. The molecule has 1 aliphatic carbocycles. The number of hydrogen-bond acceptors (Lipinski definition) is 6. The normalized spacial score (nSPS) is 25.3. The van der Waals surface area contributed by atoms with Gasteiger partial charge in [-0.15, -0.1) is 5.10 Å². The zero-order valence-corrected chi connectivity index (χ0v) is 20.7. The van der Waals surface area contributed by atoms with Gasteiger partial charge in [-0.05, 0) is 29.4 Å². The van der Waals surface area contributed by atoms with Crippen molar-refractivity contribution in [2.45, 2.75) is 76.7 Å². The molecule has 4 atom stereocenters. The summed E-state index contributed by atoms with van der Waals surface area (Å²) in [6.45, 7) is 7.61. The fraction of sp³-hybridized carbons (Fsp3) is 0.615. The molecular weight excluding hydrogens is 446 g/mol. The molecule has 3 heterocycles. The number of fused-ring (bicyclic) bond motifs is 1. The highest BCUT2D eigenvalue weighted by Gasteiger charge is 2.45. The van der Waals surface area contributed by atoms with Crippen LogP contribution in [0.2, 0.25) is 0 Å². The van der Waals surface area contributed by atoms with Crippen LogP contribution in [-0.2, 0) is 20.9 Å². The van der Waals surface area contributed by atoms with Crippen LogP contribution in [0.5, 0.6) is 0 Å². The van der Waals surface area contributed by atoms with Crippen molar-refractivity contribution in [1.82, 2.24) is 25.2 Å². The average molecular weight is 482 g/mol. The molecule has 2 N–H and O–H groups in total. The average Bonchev–Trinajstić information content (AvgIpc) is 3.43. The van der Waals surface area contributed by atoms with Crippen LogP contribution in [0.1, 0.15) is 74.7 Å². The number of ether oxygens (including phenoxy) is 1. The number of rotatable bonds is 6. The second kappa shape index (κ2) is 9.35. The van der Waals surface area contributed by atoms with Gasteiger partial charge in [-0.2, -0.15) is 0 Å². The van der Waals surface area contributed by atoms with Crippen molar-refractivity contribution in [3.63, 3.8) is 0 Å². The van der Waals surface area contributed by atoms with E-state index >= 15 is 0 Å². The molecule has 5 rings (SSSR count). The number of carbonyl (C=O) groups excluding carboxylic acids is 2. The summed E-state index contributed by atoms with van der Waals surface area (Å²) in [6, 6.07) is 6.75. The van der Waals surface area contributed by atoms with E-state index in [9.17, 15) is 14.7 Å². The molecule has 1 aromatic carbocycles. The summed E-state index contributed by atoms with van der Waals surface area (Å²) in [7, 11) is 0. The maximum Gasteiger partial charge on any atom is 0.248 e. The molecule has 2 aliphatic heterocycles. The molecule has 1 saturated heterocycles. The Balaban J connectivity index is 1.31. The second-order valence-corrected chi connectivity index (χ2v) is 11.2. The molecule has 1 unspecified atom stereocenters. The predicted octanol–water partition coefficient (Wildman–Crippen LogP) is 2.13. The van der Waals surface area contributed by atoms with Crippen LogP contribution in [0.4, 0.5) is 0 Å². The van der Waals surface area contributed by atoms with Gasteiger partial charge in [0.05, 0.1) is 25.0 Å². The van der Waals surface area contributed by atoms with E-state index in [4.69, 9.17) is 4.74 Å². The van der Waals surface area contributed by atoms with E-state index in [1.807, 2.05) is 45.2 Å². The number of aliphatic hydroxyl groups is 1. The van der Waals surface area contributed by atoms with Crippen molar-refractivity contribution in [1.29, 1.82) is 0 Å². The number of nitrogens with one attached hydrogen (secondary N) is 1. The van der Waals surface area contributed by atoms with E-state index in [2.05, 4.69) is 21.7 Å². The van der Waals surface area contributed by atoms with Gasteiger partial charge in [0.15, 0.2) is 0 Å². The van der Waals surface area contributed by atoms with Crippen LogP contribution < -0.4 is 5.32 Å². The van der Waals surface area contributed by atoms with E-state index < -0.39 is 23.6 Å². The van der Waals surface area contributed by atoms with Crippen molar-refractivity contribution >= 4 is 11.8 Å². The number of aromatic nitrogens is 3. The monoisotopic (exact) mass is 481 g/mol. The lowest BCUT2D eigenvalue weighted by molar-refractivity contribution is -0.144. The largest absolute Gasteiger partial charge is 0.391 e. The first-order valence-corrected chi connectivity index (χ1v) is 12.6. The first-order valence-electron chi connectivity index (χ1n) is 12.6. The third kappa shape index (κ3) is 4.97. The van der Waals surface area contributed by atoms with Crippen LogP contribution in [0.3, 0.4) is 0 Å². The fourth-order valence-corrected chi connectivity index (χ4v) is 5.30. The zero-order valence-electron chi connectivity index (χ0n) is 20.7. The van der Waals surface area contributed by atoms with Gasteiger partial charge >= 0.3 is 0 Å². The molecule has 35 heavy (non-hydrogen) atoms. The summed E-state index contributed by atoms with van der Waals surface area (Å²) in [6.07, 6.45) is 3.55. The highest BCUT2D eigenvalue weighted by atomic mass is 16.5. The van der Waals surface area contributed by atoms with Crippen molar-refractivity contribution in [3.8, 4) is 0 Å². The van der Waals surface area contributed by atoms with Crippen molar-refractivity contribution in [3.05, 3.63) is 47.3 Å². The van der Waals surface area contributed by atoms with Gasteiger partial charge in [0.2, 0.25) is 11.8 Å². The highest BCUT2D eigenvalue weighted by molar-refractivity contribution is 5.90. The lowest BCUT2D eigenvalue weighted by atomic mass is 9.85. The quantitative estimate of drug-likeness (QED) is 0.654. The Morgan fingerprint density at radius 1 is 1.26 bits per heavy atom. The Hall–Kier alpha value is -2.78. The number of likely N-dealkylation sites (tertiary alicyclic amines) is 1. The van der Waals surface area contributed by atoms with Crippen LogP contribution >= 0.6 is 0 Å². The summed E-state index contributed by atoms with van der Waals surface area (Å²) in [5, 5.41) is 22.0. The molecule has 0 radical (unpaired) electrons. The fourth-order valence-electron chi connectivity index (χ4n) is 5.30. The molecule has 9 heteroatoms. The molecule has 0 bridgehead atoms. The van der Waals surface area contributed by atoms with Gasteiger partial charge in [0.1, 0.15) is 12.1 Å². The van der Waals surface area contributed by atoms with E-state index in [0.717, 1.165) is 24.1 Å². The van der Waals surface area contributed by atoms with Crippen LogP contribution in [0.25, 0.3) is 0 Å². The summed E-state index contributed by atoms with van der Waals surface area (Å²) in [4.78, 5) is 28.7. The number of hydrogen-bond donors (Lipinski definition) is 2. The van der Waals surface area contributed by atoms with Crippen molar-refractivity contribution < 1.29 is 19.4 Å². The summed E-state index contributed by atoms with van der Waals surface area (Å²) >= 11 is 0. The Kier molecular flexibility index (Phi) is 6.40. The number of β-amino-alcohol motifs (C(OH)–C–C–N with tert-alkyl or cyclic N) is 1. The van der Waals surface area contributed by atoms with Crippen LogP contribution in [0.15, 0.2) is 30.5 Å². The lowest BCUT2D eigenvalue weighted by Crippen LogP contribution is -2.51. The van der Waals surface area contributed by atoms with E-state index in [-0.39, 0.29) is 30.7 Å². The molecule has 2 fully saturated rings. The minimum Gasteiger partial charge on any atom is -0.391 e. The number of nitrogens with zero attached hydrogens (tertiary/aromatic N) is 4. The van der Waals surface area contributed by atoms with Crippen LogP contribution in [-0.4, -0.2) is 68.7 Å². The van der Waals surface area contributed by atoms with Gasteiger partial charge in [0, 0.05) is 37.5 Å². The highest BCUT2D eigenvalue weighted by Crippen LogP contribution is 2.40. The maximum absolute atomic E-state index is 13.8. The molecule has 1 saturated carbocycles. The van der Waals surface area contributed by atoms with Gasteiger partial charge in [-0.1, -0.05) is 50.3 Å². The van der Waals surface area contributed by atoms with Gasteiger partial charge in [-0.3, -0.25) is 9.59 Å². The molecule has 0 spiro atoms. The Bertz CT molecular complexity index is 1090. The third-order valence-corrected chi connectivity index (χ3v) is 7.30. The van der Waals surface area contributed by atoms with E-state index in [0.29, 0.717) is 25.7 Å². The third-order valence-electron chi connectivity index (χ3n) is 7.30. The molecule has 2 amide bonds. The minimum atomic E-state index is -0.744. The molecule has 1 aromatic heterocycles. The first kappa shape index (κ1) is 23.9. The summed E-state index contributed by atoms with van der Waals surface area (Å²) in [5.41, 5.74) is 2.78. The summed E-state index contributed by atoms with van der Waals surface area (Å²) in [5.74, 6) is 0.0221. The number of aliphatic hydroxyl groups excluding tert-OH is 1. The second-order valence-electron chi connectivity index (χ2n) is 11.2. The Labute approximate surface area is 205 Å². The minimum absolute atomic E-state index is 0.0534. The van der Waals surface area contributed by atoms with Gasteiger partial charge in [0.25, 0.3) is 0 Å². The van der Waals surface area contributed by atoms with Crippen molar-refractivity contribution in [2.24, 2.45) is 5.41 Å². The van der Waals surface area contributed by atoms with Crippen molar-refractivity contribution in [2.75, 3.05) is 19.7 Å². The number of amides is 2. The topological polar surface area (TPSA) is 110 Å². The van der Waals surface area contributed by atoms with Crippen LogP contribution in [0, 0.1) is 5.41 Å². The SMILES string of the molecule is CC(C)(C)[C@@H](C(=O)N1C[C@H](O)C[C@H]1C(=O)NCC1COCc2ccccc21)n1cc(C2CC2)nn1. The van der Waals surface area contributed by atoms with Gasteiger partial charge < -0.3 is 20.1 Å². The number of benzene rings is 1. The predicted molar refractivity (Wildman–Crippen MR) is 128 cm³/mol. The standard InChI is InChI=1S/C26H35N5O4/c1-26(2,3)23(31-13-21(28-29-31)16-8-9-16)25(34)30-12-19(32)10-22(30)24(33)27-11-18-15-35-14-17-6-4-5-7-20(17)18/h4-7,13,16,18-19,22-23,32H,8-12,14-15H2,1-3H3,(H,27,33)/t18?,19-,22+,23-/m1/s1. The molecule has 2 aromatic rings. The first-order chi connectivity index (χ1) is 16.7. The molecular formula is C26H35N5O4. The Morgan fingerprint density at radius 3 is 2.77 bits per heavy atom. The van der Waals surface area contributed by atoms with E-state index in [1.165, 1.54) is 10.5 Å². The lowest BCUT2D eigenvalue weighted by Gasteiger charge is -2.34. The molecule has 9 nitrogen and oxygen atoms in total. The zero-order chi connectivity index (χ0) is 24.7.